The van der Waals surface area contributed by atoms with Gasteiger partial charge in [-0.25, -0.2) is 0 Å². The Labute approximate surface area is 113 Å². The van der Waals surface area contributed by atoms with E-state index in [2.05, 4.69) is 26.3 Å². The molecule has 0 radical (unpaired) electrons. The first-order chi connectivity index (χ1) is 8.63. The summed E-state index contributed by atoms with van der Waals surface area (Å²) in [6.45, 7) is 2.87. The lowest BCUT2D eigenvalue weighted by atomic mass is 10.3. The summed E-state index contributed by atoms with van der Waals surface area (Å²) in [6, 6.07) is 3.74. The zero-order chi connectivity index (χ0) is 13.0. The number of rotatable bonds is 5. The van der Waals surface area contributed by atoms with Crippen molar-refractivity contribution in [3.63, 3.8) is 0 Å². The minimum absolute atomic E-state index is 0.0179. The number of carbonyl (C=O) groups is 1. The quantitative estimate of drug-likeness (QED) is 0.921. The van der Waals surface area contributed by atoms with E-state index in [0.29, 0.717) is 19.5 Å². The van der Waals surface area contributed by atoms with Crippen LogP contribution in [0.15, 0.2) is 33.4 Å². The van der Waals surface area contributed by atoms with Crippen molar-refractivity contribution in [3.05, 3.63) is 40.5 Å². The molecule has 0 saturated carbocycles. The summed E-state index contributed by atoms with van der Waals surface area (Å²) < 4.78 is 8.00. The number of aryl methyl sites for hydroxylation is 2. The molecule has 0 unspecified atom stereocenters. The van der Waals surface area contributed by atoms with Gasteiger partial charge in [-0.2, -0.15) is 5.10 Å². The predicted molar refractivity (Wildman–Crippen MR) is 69.8 cm³/mol. The first-order valence-corrected chi connectivity index (χ1v) is 6.43. The molecule has 0 fully saturated rings. The van der Waals surface area contributed by atoms with Crippen LogP contribution in [-0.4, -0.2) is 15.7 Å². The Kier molecular flexibility index (Phi) is 4.19. The molecule has 1 amide bonds. The summed E-state index contributed by atoms with van der Waals surface area (Å²) in [5, 5.41) is 6.88. The molecule has 1 N–H and O–H groups in total. The molecule has 2 rings (SSSR count). The summed E-state index contributed by atoms with van der Waals surface area (Å²) in [6.07, 6.45) is 3.93. The van der Waals surface area contributed by atoms with Crippen molar-refractivity contribution in [1.82, 2.24) is 15.1 Å². The van der Waals surface area contributed by atoms with Crippen LogP contribution in [0.4, 0.5) is 0 Å². The lowest BCUT2D eigenvalue weighted by Crippen LogP contribution is -2.23. The van der Waals surface area contributed by atoms with Crippen LogP contribution in [0.5, 0.6) is 0 Å². The molecule has 0 aliphatic heterocycles. The number of nitrogens with zero attached hydrogens (tertiary/aromatic N) is 2. The Hall–Kier alpha value is -1.56. The molecule has 0 aliphatic rings. The highest BCUT2D eigenvalue weighted by Gasteiger charge is 2.04. The van der Waals surface area contributed by atoms with Crippen LogP contribution in [-0.2, 0) is 17.9 Å². The molecule has 0 aliphatic carbocycles. The Morgan fingerprint density at radius 3 is 3.00 bits per heavy atom. The maximum Gasteiger partial charge on any atom is 0.222 e. The minimum atomic E-state index is -0.0179. The van der Waals surface area contributed by atoms with Gasteiger partial charge < -0.3 is 9.73 Å². The Bertz CT molecular complexity index is 487. The molecule has 96 valence electrons. The van der Waals surface area contributed by atoms with Crippen molar-refractivity contribution in [3.8, 4) is 0 Å². The van der Waals surface area contributed by atoms with E-state index in [9.17, 15) is 4.79 Å². The van der Waals surface area contributed by atoms with Crippen LogP contribution in [0.2, 0.25) is 0 Å². The fourth-order valence-electron chi connectivity index (χ4n) is 1.53. The Balaban J connectivity index is 1.72. The van der Waals surface area contributed by atoms with Gasteiger partial charge in [-0.05, 0) is 35.0 Å². The highest BCUT2D eigenvalue weighted by molar-refractivity contribution is 9.10. The number of hydrogen-bond donors (Lipinski definition) is 1. The van der Waals surface area contributed by atoms with Crippen molar-refractivity contribution >= 4 is 21.8 Å². The molecule has 0 aromatic carbocycles. The maximum absolute atomic E-state index is 11.6. The van der Waals surface area contributed by atoms with Crippen LogP contribution in [0.3, 0.4) is 0 Å². The summed E-state index contributed by atoms with van der Waals surface area (Å²) in [7, 11) is 0. The molecule has 0 atom stereocenters. The fraction of sp³-hybridized carbons (Fsp3) is 0.333. The second kappa shape index (κ2) is 5.86. The summed E-state index contributed by atoms with van der Waals surface area (Å²) in [5.41, 5.74) is 0. The summed E-state index contributed by atoms with van der Waals surface area (Å²) >= 11 is 3.31. The standard InChI is InChI=1S/C12H14BrN3O2/c1-9-2-3-11(18-9)7-14-12(17)4-5-16-8-10(13)6-15-16/h2-3,6,8H,4-5,7H2,1H3,(H,14,17). The summed E-state index contributed by atoms with van der Waals surface area (Å²) in [5.74, 6) is 1.60. The molecule has 18 heavy (non-hydrogen) atoms. The third-order valence-electron chi connectivity index (χ3n) is 2.43. The van der Waals surface area contributed by atoms with E-state index in [4.69, 9.17) is 4.42 Å². The van der Waals surface area contributed by atoms with Crippen molar-refractivity contribution in [1.29, 1.82) is 0 Å². The van der Waals surface area contributed by atoms with Crippen molar-refractivity contribution in [2.24, 2.45) is 0 Å². The zero-order valence-corrected chi connectivity index (χ0v) is 11.6. The molecular formula is C12H14BrN3O2. The third kappa shape index (κ3) is 3.73. The van der Waals surface area contributed by atoms with E-state index in [1.165, 1.54) is 0 Å². The molecular weight excluding hydrogens is 298 g/mol. The number of carbonyl (C=O) groups excluding carboxylic acids is 1. The smallest absolute Gasteiger partial charge is 0.222 e. The van der Waals surface area contributed by atoms with Gasteiger partial charge in [-0.15, -0.1) is 0 Å². The highest BCUT2D eigenvalue weighted by atomic mass is 79.9. The fourth-order valence-corrected chi connectivity index (χ4v) is 1.86. The van der Waals surface area contributed by atoms with Crippen LogP contribution in [0, 0.1) is 6.92 Å². The van der Waals surface area contributed by atoms with Gasteiger partial charge in [0.1, 0.15) is 11.5 Å². The molecule has 2 aromatic heterocycles. The molecule has 5 nitrogen and oxygen atoms in total. The third-order valence-corrected chi connectivity index (χ3v) is 2.84. The van der Waals surface area contributed by atoms with Gasteiger partial charge in [0.2, 0.25) is 5.91 Å². The van der Waals surface area contributed by atoms with Gasteiger partial charge >= 0.3 is 0 Å². The predicted octanol–water partition coefficient (Wildman–Crippen LogP) is 2.25. The van der Waals surface area contributed by atoms with Gasteiger partial charge in [0, 0.05) is 19.2 Å². The van der Waals surface area contributed by atoms with E-state index >= 15 is 0 Å². The zero-order valence-electron chi connectivity index (χ0n) is 10.0. The average molecular weight is 312 g/mol. The van der Waals surface area contributed by atoms with E-state index in [0.717, 1.165) is 16.0 Å². The number of amides is 1. The molecule has 2 heterocycles. The maximum atomic E-state index is 11.6. The number of furan rings is 1. The average Bonchev–Trinajstić information content (AvgIpc) is 2.93. The van der Waals surface area contributed by atoms with E-state index in [-0.39, 0.29) is 5.91 Å². The van der Waals surface area contributed by atoms with Crippen molar-refractivity contribution < 1.29 is 9.21 Å². The number of aromatic nitrogens is 2. The second-order valence-electron chi connectivity index (χ2n) is 3.96. The molecule has 6 heteroatoms. The topological polar surface area (TPSA) is 60.1 Å². The van der Waals surface area contributed by atoms with Gasteiger partial charge in [0.25, 0.3) is 0 Å². The van der Waals surface area contributed by atoms with E-state index in [1.807, 2.05) is 25.3 Å². The molecule has 2 aromatic rings. The Morgan fingerprint density at radius 2 is 2.39 bits per heavy atom. The van der Waals surface area contributed by atoms with E-state index in [1.54, 1.807) is 10.9 Å². The minimum Gasteiger partial charge on any atom is -0.465 e. The molecule has 0 spiro atoms. The summed E-state index contributed by atoms with van der Waals surface area (Å²) in [4.78, 5) is 11.6. The van der Waals surface area contributed by atoms with Gasteiger partial charge in [-0.1, -0.05) is 0 Å². The van der Waals surface area contributed by atoms with Crippen LogP contribution in [0.25, 0.3) is 0 Å². The monoisotopic (exact) mass is 311 g/mol. The number of hydrogen-bond acceptors (Lipinski definition) is 3. The lowest BCUT2D eigenvalue weighted by molar-refractivity contribution is -0.121. The first kappa shape index (κ1) is 12.9. The normalized spacial score (nSPS) is 10.6. The largest absolute Gasteiger partial charge is 0.465 e. The van der Waals surface area contributed by atoms with Crippen molar-refractivity contribution in [2.45, 2.75) is 26.4 Å². The van der Waals surface area contributed by atoms with Gasteiger partial charge in [0.05, 0.1) is 17.2 Å². The van der Waals surface area contributed by atoms with Crippen LogP contribution < -0.4 is 5.32 Å². The number of nitrogens with one attached hydrogen (secondary N) is 1. The second-order valence-corrected chi connectivity index (χ2v) is 4.88. The van der Waals surface area contributed by atoms with Crippen LogP contribution >= 0.6 is 15.9 Å². The van der Waals surface area contributed by atoms with Gasteiger partial charge in [-0.3, -0.25) is 9.48 Å². The highest BCUT2D eigenvalue weighted by Crippen LogP contribution is 2.07. The first-order valence-electron chi connectivity index (χ1n) is 5.63. The van der Waals surface area contributed by atoms with Crippen molar-refractivity contribution in [2.75, 3.05) is 0 Å². The van der Waals surface area contributed by atoms with Crippen LogP contribution in [0.1, 0.15) is 17.9 Å². The van der Waals surface area contributed by atoms with E-state index < -0.39 is 0 Å². The SMILES string of the molecule is Cc1ccc(CNC(=O)CCn2cc(Br)cn2)o1. The number of halogens is 1. The Morgan fingerprint density at radius 1 is 1.56 bits per heavy atom. The molecule has 0 saturated heterocycles. The molecule has 0 bridgehead atoms. The van der Waals surface area contributed by atoms with Gasteiger partial charge in [0.15, 0.2) is 0 Å². The lowest BCUT2D eigenvalue weighted by Gasteiger charge is -2.03.